The number of aromatic nitrogens is 5. The van der Waals surface area contributed by atoms with E-state index in [1.54, 1.807) is 6.20 Å². The number of amides is 1. The van der Waals surface area contributed by atoms with Gasteiger partial charge in [-0.15, -0.1) is 0 Å². The number of alkyl halides is 3. The molecule has 0 spiro atoms. The van der Waals surface area contributed by atoms with Gasteiger partial charge in [-0.05, 0) is 37.3 Å². The molecular formula is C18H15F3N6O3. The van der Waals surface area contributed by atoms with Crippen LogP contribution in [0.15, 0.2) is 29.2 Å². The van der Waals surface area contributed by atoms with Crippen LogP contribution in [0, 0.1) is 0 Å². The van der Waals surface area contributed by atoms with E-state index < -0.39 is 18.2 Å². The largest absolute Gasteiger partial charge is 0.471 e. The number of nitrogens with one attached hydrogen (secondary N) is 1. The predicted molar refractivity (Wildman–Crippen MR) is 95.0 cm³/mol. The molecule has 0 unspecified atom stereocenters. The number of fused-ring (bicyclic) bond motifs is 1. The van der Waals surface area contributed by atoms with Crippen LogP contribution in [0.4, 0.5) is 23.9 Å². The van der Waals surface area contributed by atoms with Gasteiger partial charge in [0, 0.05) is 29.8 Å². The Balaban J connectivity index is 1.33. The smallest absolute Gasteiger partial charge is 0.444 e. The zero-order valence-electron chi connectivity index (χ0n) is 15.4. The van der Waals surface area contributed by atoms with Crippen molar-refractivity contribution >= 4 is 12.0 Å². The van der Waals surface area contributed by atoms with Crippen LogP contribution in [0.2, 0.25) is 0 Å². The summed E-state index contributed by atoms with van der Waals surface area (Å²) in [5, 5.41) is 5.57. The first kappa shape index (κ1) is 19.7. The van der Waals surface area contributed by atoms with E-state index in [4.69, 9.17) is 4.74 Å². The van der Waals surface area contributed by atoms with Crippen molar-refractivity contribution in [1.82, 2.24) is 25.1 Å². The number of halogens is 3. The fourth-order valence-electron chi connectivity index (χ4n) is 2.96. The van der Waals surface area contributed by atoms with Crippen LogP contribution < -0.4 is 5.32 Å². The van der Waals surface area contributed by atoms with Crippen molar-refractivity contribution < 1.29 is 27.2 Å². The molecule has 0 bridgehead atoms. The molecule has 0 saturated carbocycles. The zero-order chi connectivity index (χ0) is 21.1. The standard InChI is InChI=1S/C18H15F3N6O3/c19-18(20,21)15-25-14(27-30-15)12-7-23-16(24-8-12)26-17(28)29-9-10-5-11-3-1-2-4-13(11)22-6-10/h5-8H,1-4,9H2,(H,23,24,26,28). The fraction of sp³-hybridized carbons (Fsp3) is 0.333. The van der Waals surface area contributed by atoms with Gasteiger partial charge in [0.15, 0.2) is 0 Å². The Morgan fingerprint density at radius 1 is 1.13 bits per heavy atom. The van der Waals surface area contributed by atoms with E-state index in [0.29, 0.717) is 0 Å². The normalized spacial score (nSPS) is 13.6. The minimum absolute atomic E-state index is 0.0350. The molecule has 156 valence electrons. The van der Waals surface area contributed by atoms with Crippen LogP contribution in [-0.2, 0) is 30.4 Å². The maximum atomic E-state index is 12.5. The molecule has 3 aromatic heterocycles. The maximum Gasteiger partial charge on any atom is 0.471 e. The minimum atomic E-state index is -4.75. The highest BCUT2D eigenvalue weighted by Crippen LogP contribution is 2.29. The predicted octanol–water partition coefficient (Wildman–Crippen LogP) is 3.57. The van der Waals surface area contributed by atoms with Gasteiger partial charge in [0.2, 0.25) is 11.8 Å². The Bertz CT molecular complexity index is 1050. The molecule has 1 aliphatic rings. The number of rotatable bonds is 4. The number of carbonyl (C=O) groups excluding carboxylic acids is 1. The van der Waals surface area contributed by atoms with Crippen molar-refractivity contribution in [3.8, 4) is 11.4 Å². The van der Waals surface area contributed by atoms with E-state index in [1.807, 2.05) is 6.07 Å². The number of pyridine rings is 1. The van der Waals surface area contributed by atoms with Crippen LogP contribution in [0.25, 0.3) is 11.4 Å². The molecule has 3 heterocycles. The quantitative estimate of drug-likeness (QED) is 0.681. The van der Waals surface area contributed by atoms with Gasteiger partial charge in [-0.3, -0.25) is 10.3 Å². The second-order valence-electron chi connectivity index (χ2n) is 6.57. The molecular weight excluding hydrogens is 405 g/mol. The summed E-state index contributed by atoms with van der Waals surface area (Å²) in [6, 6.07) is 1.99. The average molecular weight is 420 g/mol. The summed E-state index contributed by atoms with van der Waals surface area (Å²) in [6.07, 6.45) is 2.65. The molecule has 3 aromatic rings. The lowest BCUT2D eigenvalue weighted by Gasteiger charge is -2.15. The maximum absolute atomic E-state index is 12.5. The number of carbonyl (C=O) groups is 1. The lowest BCUT2D eigenvalue weighted by Crippen LogP contribution is -2.16. The molecule has 12 heteroatoms. The van der Waals surface area contributed by atoms with Crippen LogP contribution in [0.1, 0.15) is 35.6 Å². The fourth-order valence-corrected chi connectivity index (χ4v) is 2.96. The molecule has 0 aliphatic heterocycles. The van der Waals surface area contributed by atoms with Gasteiger partial charge in [0.25, 0.3) is 0 Å². The molecule has 1 amide bonds. The molecule has 0 aromatic carbocycles. The number of aryl methyl sites for hydroxylation is 2. The summed E-state index contributed by atoms with van der Waals surface area (Å²) in [5.41, 5.74) is 3.14. The third-order valence-corrected chi connectivity index (χ3v) is 4.39. The zero-order valence-corrected chi connectivity index (χ0v) is 15.4. The van der Waals surface area contributed by atoms with Gasteiger partial charge >= 0.3 is 18.2 Å². The summed E-state index contributed by atoms with van der Waals surface area (Å²) < 4.78 is 46.8. The molecule has 9 nitrogen and oxygen atoms in total. The Hall–Kier alpha value is -3.57. The van der Waals surface area contributed by atoms with Gasteiger partial charge in [-0.2, -0.15) is 18.2 Å². The summed E-state index contributed by atoms with van der Waals surface area (Å²) in [5.74, 6) is -1.89. The van der Waals surface area contributed by atoms with Crippen molar-refractivity contribution in [2.24, 2.45) is 0 Å². The van der Waals surface area contributed by atoms with Crippen LogP contribution in [-0.4, -0.2) is 31.2 Å². The number of anilines is 1. The van der Waals surface area contributed by atoms with E-state index in [-0.39, 0.29) is 23.9 Å². The van der Waals surface area contributed by atoms with Gasteiger partial charge in [0.05, 0.1) is 5.56 Å². The molecule has 30 heavy (non-hydrogen) atoms. The Kier molecular flexibility index (Phi) is 5.29. The summed E-state index contributed by atoms with van der Waals surface area (Å²) in [6.45, 7) is 0.0350. The van der Waals surface area contributed by atoms with E-state index >= 15 is 0 Å². The van der Waals surface area contributed by atoms with Crippen LogP contribution >= 0.6 is 0 Å². The van der Waals surface area contributed by atoms with Crippen molar-refractivity contribution in [2.45, 2.75) is 38.5 Å². The van der Waals surface area contributed by atoms with Crippen molar-refractivity contribution in [2.75, 3.05) is 5.32 Å². The number of hydrogen-bond donors (Lipinski definition) is 1. The Labute approximate surface area is 167 Å². The first-order chi connectivity index (χ1) is 14.4. The summed E-state index contributed by atoms with van der Waals surface area (Å²) in [7, 11) is 0. The lowest BCUT2D eigenvalue weighted by atomic mass is 9.95. The van der Waals surface area contributed by atoms with E-state index in [0.717, 1.165) is 49.3 Å². The van der Waals surface area contributed by atoms with Crippen molar-refractivity contribution in [3.63, 3.8) is 0 Å². The summed E-state index contributed by atoms with van der Waals surface area (Å²) >= 11 is 0. The van der Waals surface area contributed by atoms with Gasteiger partial charge < -0.3 is 9.26 Å². The van der Waals surface area contributed by atoms with E-state index in [1.165, 1.54) is 5.56 Å². The molecule has 0 saturated heterocycles. The van der Waals surface area contributed by atoms with Gasteiger partial charge in [0.1, 0.15) is 6.61 Å². The van der Waals surface area contributed by atoms with Crippen LogP contribution in [0.3, 0.4) is 0 Å². The lowest BCUT2D eigenvalue weighted by molar-refractivity contribution is -0.159. The molecule has 0 fully saturated rings. The second kappa shape index (κ2) is 8.05. The Morgan fingerprint density at radius 3 is 2.63 bits per heavy atom. The van der Waals surface area contributed by atoms with E-state index in [9.17, 15) is 18.0 Å². The first-order valence-corrected chi connectivity index (χ1v) is 9.02. The van der Waals surface area contributed by atoms with Crippen LogP contribution in [0.5, 0.6) is 0 Å². The first-order valence-electron chi connectivity index (χ1n) is 9.02. The number of ether oxygens (including phenoxy) is 1. The molecule has 4 rings (SSSR count). The van der Waals surface area contributed by atoms with Gasteiger partial charge in [-0.25, -0.2) is 14.8 Å². The SMILES string of the molecule is O=C(Nc1ncc(-c2noc(C(F)(F)F)n2)cn1)OCc1cnc2c(c1)CCCC2. The number of hydrogen-bond acceptors (Lipinski definition) is 8. The average Bonchev–Trinajstić information content (AvgIpc) is 3.23. The topological polar surface area (TPSA) is 116 Å². The molecule has 0 radical (unpaired) electrons. The molecule has 1 N–H and O–H groups in total. The minimum Gasteiger partial charge on any atom is -0.444 e. The third-order valence-electron chi connectivity index (χ3n) is 4.39. The molecule has 0 atom stereocenters. The molecule has 1 aliphatic carbocycles. The Morgan fingerprint density at radius 2 is 1.90 bits per heavy atom. The van der Waals surface area contributed by atoms with Crippen molar-refractivity contribution in [1.29, 1.82) is 0 Å². The second-order valence-corrected chi connectivity index (χ2v) is 6.57. The third kappa shape index (κ3) is 4.53. The van der Waals surface area contributed by atoms with Crippen molar-refractivity contribution in [3.05, 3.63) is 47.4 Å². The van der Waals surface area contributed by atoms with E-state index in [2.05, 4.69) is 34.9 Å². The highest BCUT2D eigenvalue weighted by Gasteiger charge is 2.38. The summed E-state index contributed by atoms with van der Waals surface area (Å²) in [4.78, 5) is 27.3. The highest BCUT2D eigenvalue weighted by atomic mass is 19.4. The van der Waals surface area contributed by atoms with Gasteiger partial charge in [-0.1, -0.05) is 5.16 Å². The highest BCUT2D eigenvalue weighted by molar-refractivity contribution is 5.82. The monoisotopic (exact) mass is 420 g/mol. The number of nitrogens with zero attached hydrogens (tertiary/aromatic N) is 5.